The van der Waals surface area contributed by atoms with E-state index in [-0.39, 0.29) is 12.2 Å². The maximum absolute atomic E-state index is 11.0. The van der Waals surface area contributed by atoms with Gasteiger partial charge in [-0.2, -0.15) is 0 Å². The molecule has 0 aromatic heterocycles. The maximum atomic E-state index is 11.0. The number of hydrogen-bond acceptors (Lipinski definition) is 3. The molecule has 2 atom stereocenters. The topological polar surface area (TPSA) is 35.5 Å². The third-order valence-electron chi connectivity index (χ3n) is 3.14. The van der Waals surface area contributed by atoms with Gasteiger partial charge in [-0.25, -0.2) is 4.79 Å². The lowest BCUT2D eigenvalue weighted by Gasteiger charge is -2.26. The number of ether oxygens (including phenoxy) is 2. The van der Waals surface area contributed by atoms with E-state index in [9.17, 15) is 4.79 Å². The molecule has 0 radical (unpaired) electrons. The van der Waals surface area contributed by atoms with E-state index in [2.05, 4.69) is 6.58 Å². The Bertz CT molecular complexity index is 231. The average molecular weight is 196 g/mol. The van der Waals surface area contributed by atoms with Crippen LogP contribution in [0.3, 0.4) is 0 Å². The third kappa shape index (κ3) is 1.76. The Kier molecular flexibility index (Phi) is 2.75. The van der Waals surface area contributed by atoms with Crippen molar-refractivity contribution in [3.63, 3.8) is 0 Å². The number of carbonyl (C=O) groups is 1. The molecule has 0 bridgehead atoms. The minimum atomic E-state index is -0.537. The van der Waals surface area contributed by atoms with E-state index in [0.29, 0.717) is 5.92 Å². The maximum Gasteiger partial charge on any atom is 0.509 e. The van der Waals surface area contributed by atoms with Crippen LogP contribution in [0.15, 0.2) is 12.7 Å². The van der Waals surface area contributed by atoms with Crippen LogP contribution < -0.4 is 0 Å². The summed E-state index contributed by atoms with van der Waals surface area (Å²) in [6.45, 7) is 3.66. The molecule has 1 saturated carbocycles. The van der Waals surface area contributed by atoms with Crippen molar-refractivity contribution in [2.24, 2.45) is 5.92 Å². The fraction of sp³-hybridized carbons (Fsp3) is 0.727. The molecule has 0 aromatic rings. The summed E-state index contributed by atoms with van der Waals surface area (Å²) in [7, 11) is 0. The predicted molar refractivity (Wildman–Crippen MR) is 51.9 cm³/mol. The molecule has 1 aliphatic heterocycles. The lowest BCUT2D eigenvalue weighted by Crippen LogP contribution is -2.30. The van der Waals surface area contributed by atoms with Crippen LogP contribution in [-0.2, 0) is 9.47 Å². The summed E-state index contributed by atoms with van der Waals surface area (Å²) in [6, 6.07) is 0. The van der Waals surface area contributed by atoms with Gasteiger partial charge in [-0.1, -0.05) is 25.8 Å². The molecule has 2 unspecified atom stereocenters. The molecule has 14 heavy (non-hydrogen) atoms. The van der Waals surface area contributed by atoms with Crippen LogP contribution in [0.2, 0.25) is 0 Å². The summed E-state index contributed by atoms with van der Waals surface area (Å²) in [5, 5.41) is 0. The van der Waals surface area contributed by atoms with Crippen molar-refractivity contribution in [1.29, 1.82) is 0 Å². The van der Waals surface area contributed by atoms with Gasteiger partial charge in [-0.15, -0.1) is 0 Å². The Labute approximate surface area is 84.1 Å². The van der Waals surface area contributed by atoms with E-state index in [1.54, 1.807) is 6.08 Å². The summed E-state index contributed by atoms with van der Waals surface area (Å²) in [6.07, 6.45) is 6.89. The van der Waals surface area contributed by atoms with Crippen molar-refractivity contribution in [2.75, 3.05) is 0 Å². The van der Waals surface area contributed by atoms with Gasteiger partial charge in [0, 0.05) is 5.92 Å². The lowest BCUT2D eigenvalue weighted by molar-refractivity contribution is 0.0803. The predicted octanol–water partition coefficient (Wildman–Crippen LogP) is 2.66. The van der Waals surface area contributed by atoms with Crippen LogP contribution in [0.5, 0.6) is 0 Å². The summed E-state index contributed by atoms with van der Waals surface area (Å²) in [5.41, 5.74) is 0. The highest BCUT2D eigenvalue weighted by Gasteiger charge is 2.40. The van der Waals surface area contributed by atoms with Crippen molar-refractivity contribution in [3.05, 3.63) is 12.7 Å². The van der Waals surface area contributed by atoms with Gasteiger partial charge in [-0.05, 0) is 18.9 Å². The van der Waals surface area contributed by atoms with Crippen molar-refractivity contribution in [2.45, 2.75) is 44.3 Å². The van der Waals surface area contributed by atoms with Gasteiger partial charge >= 0.3 is 6.16 Å². The molecular weight excluding hydrogens is 180 g/mol. The third-order valence-corrected chi connectivity index (χ3v) is 3.14. The van der Waals surface area contributed by atoms with E-state index in [1.807, 2.05) is 0 Å². The Morgan fingerprint density at radius 3 is 2.57 bits per heavy atom. The molecule has 1 aliphatic carbocycles. The second-order valence-corrected chi connectivity index (χ2v) is 4.05. The molecule has 78 valence electrons. The van der Waals surface area contributed by atoms with Gasteiger partial charge < -0.3 is 9.47 Å². The SMILES string of the molecule is C=CC1OC(=O)OC1C1CCCCC1. The Morgan fingerprint density at radius 1 is 1.21 bits per heavy atom. The van der Waals surface area contributed by atoms with E-state index in [0.717, 1.165) is 12.8 Å². The summed E-state index contributed by atoms with van der Waals surface area (Å²) in [4.78, 5) is 11.0. The Hall–Kier alpha value is -0.990. The van der Waals surface area contributed by atoms with E-state index in [4.69, 9.17) is 9.47 Å². The minimum absolute atomic E-state index is 0.0831. The summed E-state index contributed by atoms with van der Waals surface area (Å²) >= 11 is 0. The first kappa shape index (κ1) is 9.56. The van der Waals surface area contributed by atoms with Gasteiger partial charge in [0.1, 0.15) is 6.10 Å². The zero-order valence-electron chi connectivity index (χ0n) is 8.28. The first-order valence-corrected chi connectivity index (χ1v) is 5.31. The fourth-order valence-corrected chi connectivity index (χ4v) is 2.39. The molecule has 0 N–H and O–H groups in total. The fourth-order valence-electron chi connectivity index (χ4n) is 2.39. The van der Waals surface area contributed by atoms with Gasteiger partial charge in [0.2, 0.25) is 0 Å². The second-order valence-electron chi connectivity index (χ2n) is 4.05. The van der Waals surface area contributed by atoms with Gasteiger partial charge in [0.25, 0.3) is 0 Å². The van der Waals surface area contributed by atoms with Crippen LogP contribution in [0.4, 0.5) is 4.79 Å². The molecule has 0 spiro atoms. The smallest absolute Gasteiger partial charge is 0.426 e. The van der Waals surface area contributed by atoms with Crippen LogP contribution in [0, 0.1) is 5.92 Å². The number of rotatable bonds is 2. The van der Waals surface area contributed by atoms with Crippen LogP contribution in [0.1, 0.15) is 32.1 Å². The minimum Gasteiger partial charge on any atom is -0.426 e. The number of hydrogen-bond donors (Lipinski definition) is 0. The van der Waals surface area contributed by atoms with Crippen LogP contribution >= 0.6 is 0 Å². The van der Waals surface area contributed by atoms with E-state index in [1.165, 1.54) is 19.3 Å². The summed E-state index contributed by atoms with van der Waals surface area (Å²) < 4.78 is 10.2. The first-order chi connectivity index (χ1) is 6.81. The van der Waals surface area contributed by atoms with Crippen molar-refractivity contribution in [1.82, 2.24) is 0 Å². The zero-order valence-corrected chi connectivity index (χ0v) is 8.28. The van der Waals surface area contributed by atoms with Gasteiger partial charge in [0.15, 0.2) is 6.10 Å². The molecule has 3 heteroatoms. The number of carbonyl (C=O) groups excluding carboxylic acids is 1. The molecule has 2 rings (SSSR count). The number of cyclic esters (lactones) is 2. The lowest BCUT2D eigenvalue weighted by atomic mass is 9.83. The first-order valence-electron chi connectivity index (χ1n) is 5.31. The molecule has 1 saturated heterocycles. The molecule has 0 amide bonds. The average Bonchev–Trinajstić information content (AvgIpc) is 2.61. The molecule has 0 aromatic carbocycles. The van der Waals surface area contributed by atoms with E-state index < -0.39 is 6.16 Å². The molecule has 2 fully saturated rings. The highest BCUT2D eigenvalue weighted by molar-refractivity contribution is 5.63. The van der Waals surface area contributed by atoms with Crippen molar-refractivity contribution >= 4 is 6.16 Å². The largest absolute Gasteiger partial charge is 0.509 e. The van der Waals surface area contributed by atoms with Gasteiger partial charge in [-0.3, -0.25) is 0 Å². The highest BCUT2D eigenvalue weighted by atomic mass is 16.8. The standard InChI is InChI=1S/C11H16O3/c1-2-9-10(14-11(12)13-9)8-6-4-3-5-7-8/h2,8-10H,1,3-7H2. The Balaban J connectivity index is 2.00. The van der Waals surface area contributed by atoms with Crippen LogP contribution in [0.25, 0.3) is 0 Å². The van der Waals surface area contributed by atoms with Crippen LogP contribution in [-0.4, -0.2) is 18.4 Å². The van der Waals surface area contributed by atoms with Crippen molar-refractivity contribution < 1.29 is 14.3 Å². The molecule has 1 heterocycles. The zero-order chi connectivity index (χ0) is 9.97. The Morgan fingerprint density at radius 2 is 1.93 bits per heavy atom. The molecular formula is C11H16O3. The summed E-state index contributed by atoms with van der Waals surface area (Å²) in [5.74, 6) is 0.471. The molecule has 3 nitrogen and oxygen atoms in total. The van der Waals surface area contributed by atoms with E-state index >= 15 is 0 Å². The second kappa shape index (κ2) is 4.03. The highest BCUT2D eigenvalue weighted by Crippen LogP contribution is 2.33. The normalized spacial score (nSPS) is 33.6. The molecule has 2 aliphatic rings. The van der Waals surface area contributed by atoms with Gasteiger partial charge in [0.05, 0.1) is 0 Å². The quantitative estimate of drug-likeness (QED) is 0.503. The monoisotopic (exact) mass is 196 g/mol. The van der Waals surface area contributed by atoms with Crippen molar-refractivity contribution in [3.8, 4) is 0 Å².